The zero-order valence-electron chi connectivity index (χ0n) is 12.0. The van der Waals surface area contributed by atoms with Gasteiger partial charge >= 0.3 is 0 Å². The molecule has 0 unspecified atom stereocenters. The van der Waals surface area contributed by atoms with Crippen molar-refractivity contribution in [1.29, 1.82) is 0 Å². The van der Waals surface area contributed by atoms with Crippen molar-refractivity contribution >= 4 is 5.91 Å². The molecule has 1 aromatic heterocycles. The van der Waals surface area contributed by atoms with E-state index in [0.717, 1.165) is 11.3 Å². The summed E-state index contributed by atoms with van der Waals surface area (Å²) >= 11 is 0. The monoisotopic (exact) mass is 293 g/mol. The maximum absolute atomic E-state index is 11.5. The number of amides is 1. The number of hydrogen-bond acceptors (Lipinski definition) is 3. The average Bonchev–Trinajstić information content (AvgIpc) is 2.91. The van der Waals surface area contributed by atoms with Crippen LogP contribution in [0.2, 0.25) is 0 Å². The summed E-state index contributed by atoms with van der Waals surface area (Å²) in [6.45, 7) is 1.77. The first kappa shape index (κ1) is 13.9. The highest BCUT2D eigenvalue weighted by Gasteiger charge is 2.16. The second kappa shape index (κ2) is 5.73. The summed E-state index contributed by atoms with van der Waals surface area (Å²) in [5.41, 5.74) is 7.83. The standard InChI is InChI=1S/C17H15N3O2/c1-11-15(17(18)21)16(20-19-11)12-7-9-14(10-8-12)22-13-5-3-2-4-6-13/h2-10H,1H3,(H2,18,21)(H,19,20). The molecule has 0 aliphatic carbocycles. The van der Waals surface area contributed by atoms with E-state index in [9.17, 15) is 4.79 Å². The molecule has 22 heavy (non-hydrogen) atoms. The van der Waals surface area contributed by atoms with Gasteiger partial charge in [-0.15, -0.1) is 0 Å². The van der Waals surface area contributed by atoms with Gasteiger partial charge in [-0.2, -0.15) is 5.10 Å². The molecule has 0 atom stereocenters. The molecule has 2 aromatic carbocycles. The van der Waals surface area contributed by atoms with E-state index in [1.807, 2.05) is 54.6 Å². The van der Waals surface area contributed by atoms with E-state index in [1.165, 1.54) is 0 Å². The number of nitrogens with one attached hydrogen (secondary N) is 1. The molecule has 0 saturated heterocycles. The number of primary amides is 1. The Bertz CT molecular complexity index is 793. The minimum atomic E-state index is -0.495. The summed E-state index contributed by atoms with van der Waals surface area (Å²) in [5, 5.41) is 6.94. The van der Waals surface area contributed by atoms with Crippen LogP contribution >= 0.6 is 0 Å². The van der Waals surface area contributed by atoms with Crippen LogP contribution in [-0.4, -0.2) is 16.1 Å². The van der Waals surface area contributed by atoms with Crippen LogP contribution in [0.5, 0.6) is 11.5 Å². The average molecular weight is 293 g/mol. The molecule has 5 heteroatoms. The van der Waals surface area contributed by atoms with Crippen molar-refractivity contribution in [2.45, 2.75) is 6.92 Å². The SMILES string of the molecule is Cc1[nH]nc(-c2ccc(Oc3ccccc3)cc2)c1C(N)=O. The van der Waals surface area contributed by atoms with Gasteiger partial charge in [0.15, 0.2) is 0 Å². The van der Waals surface area contributed by atoms with Crippen molar-refractivity contribution in [3.8, 4) is 22.8 Å². The third-order valence-corrected chi connectivity index (χ3v) is 3.30. The molecule has 3 rings (SSSR count). The Morgan fingerprint density at radius 3 is 2.32 bits per heavy atom. The first-order chi connectivity index (χ1) is 10.6. The maximum Gasteiger partial charge on any atom is 0.252 e. The second-order valence-corrected chi connectivity index (χ2v) is 4.88. The van der Waals surface area contributed by atoms with Crippen molar-refractivity contribution in [3.63, 3.8) is 0 Å². The van der Waals surface area contributed by atoms with Crippen LogP contribution in [0.3, 0.4) is 0 Å². The number of benzene rings is 2. The Labute approximate surface area is 127 Å². The second-order valence-electron chi connectivity index (χ2n) is 4.88. The van der Waals surface area contributed by atoms with E-state index in [2.05, 4.69) is 10.2 Å². The minimum absolute atomic E-state index is 0.414. The lowest BCUT2D eigenvalue weighted by Gasteiger charge is -2.06. The van der Waals surface area contributed by atoms with Crippen molar-refractivity contribution in [2.24, 2.45) is 5.73 Å². The summed E-state index contributed by atoms with van der Waals surface area (Å²) in [6, 6.07) is 16.9. The molecule has 0 aliphatic heterocycles. The van der Waals surface area contributed by atoms with Gasteiger partial charge in [-0.1, -0.05) is 18.2 Å². The molecular weight excluding hydrogens is 278 g/mol. The number of aromatic nitrogens is 2. The van der Waals surface area contributed by atoms with Crippen LogP contribution in [0.4, 0.5) is 0 Å². The lowest BCUT2D eigenvalue weighted by atomic mass is 10.1. The van der Waals surface area contributed by atoms with E-state index >= 15 is 0 Å². The molecule has 0 fully saturated rings. The molecule has 110 valence electrons. The largest absolute Gasteiger partial charge is 0.457 e. The van der Waals surface area contributed by atoms with Crippen LogP contribution in [0.15, 0.2) is 54.6 Å². The highest BCUT2D eigenvalue weighted by Crippen LogP contribution is 2.27. The summed E-state index contributed by atoms with van der Waals surface area (Å²) in [5.74, 6) is 0.984. The number of ether oxygens (including phenoxy) is 1. The van der Waals surface area contributed by atoms with Gasteiger partial charge in [0, 0.05) is 11.3 Å². The zero-order valence-corrected chi connectivity index (χ0v) is 12.0. The van der Waals surface area contributed by atoms with Crippen LogP contribution in [0.25, 0.3) is 11.3 Å². The molecule has 0 radical (unpaired) electrons. The lowest BCUT2D eigenvalue weighted by Crippen LogP contribution is -2.12. The molecule has 0 spiro atoms. The first-order valence-corrected chi connectivity index (χ1v) is 6.83. The van der Waals surface area contributed by atoms with Gasteiger partial charge in [0.1, 0.15) is 17.2 Å². The van der Waals surface area contributed by atoms with Crippen molar-refractivity contribution in [1.82, 2.24) is 10.2 Å². The number of para-hydroxylation sites is 1. The third kappa shape index (κ3) is 2.69. The number of carbonyl (C=O) groups is 1. The number of nitrogens with two attached hydrogens (primary N) is 1. The van der Waals surface area contributed by atoms with Gasteiger partial charge in [0.25, 0.3) is 5.91 Å². The van der Waals surface area contributed by atoms with Crippen molar-refractivity contribution in [3.05, 3.63) is 65.9 Å². The van der Waals surface area contributed by atoms with E-state index in [0.29, 0.717) is 22.7 Å². The Morgan fingerprint density at radius 2 is 1.68 bits per heavy atom. The fourth-order valence-electron chi connectivity index (χ4n) is 2.25. The number of carbonyl (C=O) groups excluding carboxylic acids is 1. The quantitative estimate of drug-likeness (QED) is 0.774. The van der Waals surface area contributed by atoms with E-state index in [4.69, 9.17) is 10.5 Å². The van der Waals surface area contributed by atoms with E-state index < -0.39 is 5.91 Å². The molecule has 1 amide bonds. The fourth-order valence-corrected chi connectivity index (χ4v) is 2.25. The number of nitrogens with zero attached hydrogens (tertiary/aromatic N) is 1. The number of rotatable bonds is 4. The fraction of sp³-hybridized carbons (Fsp3) is 0.0588. The molecular formula is C17H15N3O2. The molecule has 3 N–H and O–H groups in total. The Morgan fingerprint density at radius 1 is 1.05 bits per heavy atom. The smallest absolute Gasteiger partial charge is 0.252 e. The predicted octanol–water partition coefficient (Wildman–Crippen LogP) is 3.28. The van der Waals surface area contributed by atoms with Gasteiger partial charge in [-0.3, -0.25) is 9.89 Å². The zero-order chi connectivity index (χ0) is 15.5. The van der Waals surface area contributed by atoms with Crippen LogP contribution in [-0.2, 0) is 0 Å². The van der Waals surface area contributed by atoms with Crippen LogP contribution in [0.1, 0.15) is 16.1 Å². The number of H-pyrrole nitrogens is 1. The molecule has 1 heterocycles. The number of aryl methyl sites for hydroxylation is 1. The summed E-state index contributed by atoms with van der Waals surface area (Å²) < 4.78 is 5.73. The molecule has 0 saturated carbocycles. The minimum Gasteiger partial charge on any atom is -0.457 e. The highest BCUT2D eigenvalue weighted by atomic mass is 16.5. The molecule has 5 nitrogen and oxygen atoms in total. The molecule has 3 aromatic rings. The van der Waals surface area contributed by atoms with Gasteiger partial charge in [0.2, 0.25) is 0 Å². The van der Waals surface area contributed by atoms with Crippen molar-refractivity contribution < 1.29 is 9.53 Å². The van der Waals surface area contributed by atoms with E-state index in [-0.39, 0.29) is 0 Å². The molecule has 0 aliphatic rings. The lowest BCUT2D eigenvalue weighted by molar-refractivity contribution is 0.100. The Balaban J connectivity index is 1.87. The van der Waals surface area contributed by atoms with Gasteiger partial charge in [-0.05, 0) is 43.3 Å². The normalized spacial score (nSPS) is 10.4. The van der Waals surface area contributed by atoms with Gasteiger partial charge < -0.3 is 10.5 Å². The Kier molecular flexibility index (Phi) is 3.62. The highest BCUT2D eigenvalue weighted by molar-refractivity contribution is 5.99. The predicted molar refractivity (Wildman–Crippen MR) is 83.8 cm³/mol. The summed E-state index contributed by atoms with van der Waals surface area (Å²) in [6.07, 6.45) is 0. The van der Waals surface area contributed by atoms with Crippen LogP contribution < -0.4 is 10.5 Å². The first-order valence-electron chi connectivity index (χ1n) is 6.83. The maximum atomic E-state index is 11.5. The Hall–Kier alpha value is -3.08. The van der Waals surface area contributed by atoms with Gasteiger partial charge in [-0.25, -0.2) is 0 Å². The van der Waals surface area contributed by atoms with E-state index in [1.54, 1.807) is 6.92 Å². The molecule has 0 bridgehead atoms. The van der Waals surface area contributed by atoms with Crippen LogP contribution in [0, 0.1) is 6.92 Å². The summed E-state index contributed by atoms with van der Waals surface area (Å²) in [4.78, 5) is 11.5. The number of hydrogen-bond donors (Lipinski definition) is 2. The summed E-state index contributed by atoms with van der Waals surface area (Å²) in [7, 11) is 0. The topological polar surface area (TPSA) is 81.0 Å². The van der Waals surface area contributed by atoms with Crippen molar-refractivity contribution in [2.75, 3.05) is 0 Å². The van der Waals surface area contributed by atoms with Gasteiger partial charge in [0.05, 0.1) is 5.56 Å². The number of aromatic amines is 1. The third-order valence-electron chi connectivity index (χ3n) is 3.30.